The molecule has 0 radical (unpaired) electrons. The number of nitrogens with zero attached hydrogens (tertiary/aromatic N) is 4. The Balaban J connectivity index is 1.37. The van der Waals surface area contributed by atoms with Gasteiger partial charge in [-0.3, -0.25) is 4.79 Å². The molecule has 4 aromatic rings. The Hall–Kier alpha value is -4.07. The monoisotopic (exact) mass is 415 g/mol. The molecule has 0 fully saturated rings. The third kappa shape index (κ3) is 3.75. The predicted molar refractivity (Wildman–Crippen MR) is 111 cm³/mol. The summed E-state index contributed by atoms with van der Waals surface area (Å²) in [5.74, 6) is 0.114. The van der Waals surface area contributed by atoms with E-state index in [4.69, 9.17) is 4.74 Å². The number of aromatic nitrogens is 4. The van der Waals surface area contributed by atoms with Gasteiger partial charge in [0.05, 0.1) is 12.2 Å². The first kappa shape index (κ1) is 18.9. The summed E-state index contributed by atoms with van der Waals surface area (Å²) in [5, 5.41) is 10.7. The van der Waals surface area contributed by atoms with Gasteiger partial charge in [0, 0.05) is 24.1 Å². The summed E-state index contributed by atoms with van der Waals surface area (Å²) in [6.45, 7) is 0. The standard InChI is InChI=1S/C23H18FN5O2/c24-17-6-2-4-8-21(17)31-16-13-19(28-26-14-16)23(30)27-18-10-9-15-5-1-3-7-20(15)29-12-11-25-22(18)29/h1-8,11-14,18H,9-10H2,(H,27,30)/t18-/m0/s1. The number of nitrogens with one attached hydrogen (secondary N) is 1. The first-order valence-corrected chi connectivity index (χ1v) is 9.86. The van der Waals surface area contributed by atoms with Crippen LogP contribution in [0.5, 0.6) is 11.5 Å². The fourth-order valence-corrected chi connectivity index (χ4v) is 3.70. The summed E-state index contributed by atoms with van der Waals surface area (Å²) >= 11 is 0. The predicted octanol–water partition coefficient (Wildman–Crippen LogP) is 4.01. The molecule has 2 aromatic carbocycles. The maximum absolute atomic E-state index is 13.9. The molecule has 1 amide bonds. The highest BCUT2D eigenvalue weighted by molar-refractivity contribution is 5.92. The Morgan fingerprint density at radius 1 is 1.16 bits per heavy atom. The maximum Gasteiger partial charge on any atom is 0.272 e. The number of halogens is 1. The number of carbonyl (C=O) groups is 1. The highest BCUT2D eigenvalue weighted by Crippen LogP contribution is 2.29. The zero-order valence-electron chi connectivity index (χ0n) is 16.4. The number of amides is 1. The smallest absolute Gasteiger partial charge is 0.272 e. The van der Waals surface area contributed by atoms with Crippen LogP contribution in [0.2, 0.25) is 0 Å². The van der Waals surface area contributed by atoms with Crippen molar-refractivity contribution in [1.82, 2.24) is 25.1 Å². The number of para-hydroxylation sites is 2. The average Bonchev–Trinajstić information content (AvgIpc) is 3.23. The minimum Gasteiger partial charge on any atom is -0.453 e. The van der Waals surface area contributed by atoms with Gasteiger partial charge in [0.25, 0.3) is 5.91 Å². The number of aryl methyl sites for hydroxylation is 1. The molecule has 0 aliphatic carbocycles. The van der Waals surface area contributed by atoms with Crippen LogP contribution in [-0.2, 0) is 6.42 Å². The van der Waals surface area contributed by atoms with E-state index in [0.29, 0.717) is 6.42 Å². The van der Waals surface area contributed by atoms with Crippen molar-refractivity contribution >= 4 is 5.91 Å². The van der Waals surface area contributed by atoms with E-state index in [1.165, 1.54) is 30.0 Å². The molecule has 5 rings (SSSR count). The lowest BCUT2D eigenvalue weighted by Gasteiger charge is -2.16. The number of fused-ring (bicyclic) bond motifs is 3. The van der Waals surface area contributed by atoms with E-state index < -0.39 is 11.7 Å². The first-order chi connectivity index (χ1) is 15.2. The number of hydrogen-bond donors (Lipinski definition) is 1. The second kappa shape index (κ2) is 7.98. The first-order valence-electron chi connectivity index (χ1n) is 9.86. The van der Waals surface area contributed by atoms with Gasteiger partial charge in [0.15, 0.2) is 17.3 Å². The van der Waals surface area contributed by atoms with Crippen LogP contribution in [-0.4, -0.2) is 25.7 Å². The van der Waals surface area contributed by atoms with E-state index >= 15 is 0 Å². The van der Waals surface area contributed by atoms with Crippen molar-refractivity contribution in [2.24, 2.45) is 0 Å². The maximum atomic E-state index is 13.9. The van der Waals surface area contributed by atoms with E-state index in [1.54, 1.807) is 18.3 Å². The molecule has 0 unspecified atom stereocenters. The molecule has 0 saturated carbocycles. The van der Waals surface area contributed by atoms with Gasteiger partial charge in [-0.05, 0) is 36.6 Å². The molecule has 3 heterocycles. The van der Waals surface area contributed by atoms with Crippen molar-refractivity contribution < 1.29 is 13.9 Å². The van der Waals surface area contributed by atoms with E-state index in [-0.39, 0.29) is 23.2 Å². The van der Waals surface area contributed by atoms with Gasteiger partial charge in [-0.2, -0.15) is 5.10 Å². The molecule has 0 saturated heterocycles. The van der Waals surface area contributed by atoms with Crippen LogP contribution in [0.1, 0.15) is 34.3 Å². The molecule has 1 N–H and O–H groups in total. The van der Waals surface area contributed by atoms with Gasteiger partial charge < -0.3 is 14.6 Å². The Labute approximate surface area is 177 Å². The molecule has 1 atom stereocenters. The average molecular weight is 415 g/mol. The number of carbonyl (C=O) groups excluding carboxylic acids is 1. The van der Waals surface area contributed by atoms with Crippen LogP contribution in [0.3, 0.4) is 0 Å². The van der Waals surface area contributed by atoms with E-state index in [1.807, 2.05) is 29.0 Å². The van der Waals surface area contributed by atoms with Gasteiger partial charge in [0.1, 0.15) is 11.6 Å². The van der Waals surface area contributed by atoms with Crippen molar-refractivity contribution in [1.29, 1.82) is 0 Å². The molecule has 154 valence electrons. The summed E-state index contributed by atoms with van der Waals surface area (Å²) in [6.07, 6.45) is 6.43. The van der Waals surface area contributed by atoms with Crippen molar-refractivity contribution in [3.63, 3.8) is 0 Å². The number of rotatable bonds is 4. The lowest BCUT2D eigenvalue weighted by atomic mass is 10.1. The summed E-state index contributed by atoms with van der Waals surface area (Å²) in [4.78, 5) is 17.4. The van der Waals surface area contributed by atoms with Crippen molar-refractivity contribution in [3.05, 3.63) is 96.1 Å². The third-order valence-electron chi connectivity index (χ3n) is 5.17. The Bertz CT molecular complexity index is 1260. The molecular weight excluding hydrogens is 397 g/mol. The fraction of sp³-hybridized carbons (Fsp3) is 0.130. The minimum atomic E-state index is -0.504. The molecule has 31 heavy (non-hydrogen) atoms. The molecule has 7 nitrogen and oxygen atoms in total. The van der Waals surface area contributed by atoms with Gasteiger partial charge in [0.2, 0.25) is 0 Å². The van der Waals surface area contributed by atoms with E-state index in [0.717, 1.165) is 17.9 Å². The minimum absolute atomic E-state index is 0.0467. The van der Waals surface area contributed by atoms with Gasteiger partial charge in [-0.25, -0.2) is 9.37 Å². The highest BCUT2D eigenvalue weighted by atomic mass is 19.1. The quantitative estimate of drug-likeness (QED) is 0.545. The molecule has 2 aromatic heterocycles. The third-order valence-corrected chi connectivity index (χ3v) is 5.17. The van der Waals surface area contributed by atoms with Crippen molar-refractivity contribution in [3.8, 4) is 17.2 Å². The lowest BCUT2D eigenvalue weighted by molar-refractivity contribution is 0.0926. The van der Waals surface area contributed by atoms with E-state index in [2.05, 4.69) is 26.6 Å². The van der Waals surface area contributed by atoms with Crippen LogP contribution in [0.4, 0.5) is 4.39 Å². The molecule has 0 spiro atoms. The Morgan fingerprint density at radius 3 is 2.90 bits per heavy atom. The molecule has 1 aliphatic heterocycles. The normalized spacial score (nSPS) is 14.8. The van der Waals surface area contributed by atoms with Gasteiger partial charge >= 0.3 is 0 Å². The van der Waals surface area contributed by atoms with Crippen LogP contribution >= 0.6 is 0 Å². The lowest BCUT2D eigenvalue weighted by Crippen LogP contribution is -2.30. The summed E-state index contributed by atoms with van der Waals surface area (Å²) < 4.78 is 21.4. The number of benzene rings is 2. The highest BCUT2D eigenvalue weighted by Gasteiger charge is 2.25. The Morgan fingerprint density at radius 2 is 2.00 bits per heavy atom. The second-order valence-corrected chi connectivity index (χ2v) is 7.16. The van der Waals surface area contributed by atoms with E-state index in [9.17, 15) is 9.18 Å². The van der Waals surface area contributed by atoms with Crippen LogP contribution in [0.25, 0.3) is 5.69 Å². The number of imidazole rings is 1. The van der Waals surface area contributed by atoms with Crippen LogP contribution in [0.15, 0.2) is 73.2 Å². The van der Waals surface area contributed by atoms with Crippen molar-refractivity contribution in [2.45, 2.75) is 18.9 Å². The molecular formula is C23H18FN5O2. The zero-order chi connectivity index (χ0) is 21.2. The summed E-state index contributed by atoms with van der Waals surface area (Å²) in [6, 6.07) is 15.3. The number of ether oxygens (including phenoxy) is 1. The molecule has 8 heteroatoms. The summed E-state index contributed by atoms with van der Waals surface area (Å²) in [7, 11) is 0. The summed E-state index contributed by atoms with van der Waals surface area (Å²) in [5.41, 5.74) is 2.33. The zero-order valence-corrected chi connectivity index (χ0v) is 16.4. The van der Waals surface area contributed by atoms with Gasteiger partial charge in [-0.15, -0.1) is 5.10 Å². The SMILES string of the molecule is O=C(N[C@H]1CCc2ccccc2-n2ccnc21)c1cc(Oc2ccccc2F)cnn1. The topological polar surface area (TPSA) is 81.9 Å². The second-order valence-electron chi connectivity index (χ2n) is 7.16. The van der Waals surface area contributed by atoms with Crippen LogP contribution in [0, 0.1) is 5.82 Å². The number of hydrogen-bond acceptors (Lipinski definition) is 5. The van der Waals surface area contributed by atoms with Crippen LogP contribution < -0.4 is 10.1 Å². The molecule has 0 bridgehead atoms. The largest absolute Gasteiger partial charge is 0.453 e. The van der Waals surface area contributed by atoms with Gasteiger partial charge in [-0.1, -0.05) is 30.3 Å². The fourth-order valence-electron chi connectivity index (χ4n) is 3.70. The van der Waals surface area contributed by atoms with Crippen molar-refractivity contribution in [2.75, 3.05) is 0 Å². The molecule has 1 aliphatic rings. The Kier molecular flexibility index (Phi) is 4.87.